The molecule has 0 aliphatic carbocycles. The van der Waals surface area contributed by atoms with Crippen LogP contribution in [-0.2, 0) is 16.6 Å². The van der Waals surface area contributed by atoms with Crippen molar-refractivity contribution in [2.24, 2.45) is 0 Å². The Bertz CT molecular complexity index is 1200. The molecule has 0 spiro atoms. The van der Waals surface area contributed by atoms with Crippen LogP contribution in [0.5, 0.6) is 0 Å². The predicted molar refractivity (Wildman–Crippen MR) is 108 cm³/mol. The zero-order valence-corrected chi connectivity index (χ0v) is 17.1. The van der Waals surface area contributed by atoms with E-state index in [0.717, 1.165) is 14.7 Å². The Morgan fingerprint density at radius 1 is 1.18 bits per heavy atom. The van der Waals surface area contributed by atoms with Gasteiger partial charge in [0.1, 0.15) is 11.5 Å². The number of nitrogens with zero attached hydrogens (tertiary/aromatic N) is 3. The van der Waals surface area contributed by atoms with Crippen molar-refractivity contribution in [2.75, 3.05) is 5.32 Å². The van der Waals surface area contributed by atoms with E-state index in [1.54, 1.807) is 0 Å². The summed E-state index contributed by atoms with van der Waals surface area (Å²) in [6.07, 6.45) is 0. The zero-order valence-electron chi connectivity index (χ0n) is 14.7. The van der Waals surface area contributed by atoms with Crippen molar-refractivity contribution < 1.29 is 12.8 Å². The molecule has 4 aromatic rings. The summed E-state index contributed by atoms with van der Waals surface area (Å²) in [7, 11) is -3.96. The Hall–Kier alpha value is -2.62. The van der Waals surface area contributed by atoms with Crippen LogP contribution in [0.1, 0.15) is 11.5 Å². The molecule has 0 atom stereocenters. The third-order valence-electron chi connectivity index (χ3n) is 3.88. The topological polar surface area (TPSA) is 90.0 Å². The van der Waals surface area contributed by atoms with Gasteiger partial charge in [0, 0.05) is 5.02 Å². The maximum Gasteiger partial charge on any atom is 0.286 e. The van der Waals surface area contributed by atoms with Crippen molar-refractivity contribution in [3.8, 4) is 10.7 Å². The maximum atomic E-state index is 13.1. The summed E-state index contributed by atoms with van der Waals surface area (Å²) in [6, 6.07) is 13.2. The number of hydrogen-bond acceptors (Lipinski definition) is 7. The summed E-state index contributed by atoms with van der Waals surface area (Å²) in [6.45, 7) is 2.11. The zero-order chi connectivity index (χ0) is 19.7. The van der Waals surface area contributed by atoms with E-state index in [0.29, 0.717) is 16.6 Å². The van der Waals surface area contributed by atoms with Crippen LogP contribution >= 0.6 is 22.9 Å². The van der Waals surface area contributed by atoms with Crippen LogP contribution in [0.4, 0.5) is 5.95 Å². The molecule has 4 rings (SSSR count). The van der Waals surface area contributed by atoms with E-state index in [2.05, 4.69) is 15.4 Å². The number of aryl methyl sites for hydroxylation is 1. The lowest BCUT2D eigenvalue weighted by molar-refractivity contribution is 0.490. The standard InChI is InChI=1S/C18H15ClN4O3S2/c1-12-4-7-14(26-12)11-20-18-21-17(16-3-2-10-27-16)22-23(18)28(24,25)15-8-5-13(19)6-9-15/h2-10H,11H2,1H3,(H,20,21,22). The third-order valence-corrected chi connectivity index (χ3v) is 6.57. The summed E-state index contributed by atoms with van der Waals surface area (Å²) >= 11 is 7.31. The van der Waals surface area contributed by atoms with Crippen LogP contribution in [0, 0.1) is 6.92 Å². The molecule has 0 amide bonds. The van der Waals surface area contributed by atoms with Gasteiger partial charge in [0.2, 0.25) is 5.95 Å². The summed E-state index contributed by atoms with van der Waals surface area (Å²) in [5.74, 6) is 1.86. The van der Waals surface area contributed by atoms with E-state index >= 15 is 0 Å². The second-order valence-corrected chi connectivity index (χ2v) is 9.06. The number of benzene rings is 1. The van der Waals surface area contributed by atoms with Gasteiger partial charge in [-0.15, -0.1) is 20.5 Å². The number of anilines is 1. The highest BCUT2D eigenvalue weighted by Gasteiger charge is 2.25. The van der Waals surface area contributed by atoms with Gasteiger partial charge in [-0.3, -0.25) is 0 Å². The summed E-state index contributed by atoms with van der Waals surface area (Å²) < 4.78 is 32.7. The Labute approximate surface area is 170 Å². The first kappa shape index (κ1) is 18.7. The average molecular weight is 435 g/mol. The first-order chi connectivity index (χ1) is 13.4. The second kappa shape index (κ2) is 7.42. The lowest BCUT2D eigenvalue weighted by Crippen LogP contribution is -2.18. The molecule has 0 bridgehead atoms. The fraction of sp³-hybridized carbons (Fsp3) is 0.111. The van der Waals surface area contributed by atoms with Crippen molar-refractivity contribution in [3.63, 3.8) is 0 Å². The van der Waals surface area contributed by atoms with Gasteiger partial charge in [-0.05, 0) is 54.8 Å². The van der Waals surface area contributed by atoms with E-state index in [9.17, 15) is 8.42 Å². The van der Waals surface area contributed by atoms with Gasteiger partial charge in [-0.25, -0.2) is 0 Å². The Kier molecular flexibility index (Phi) is 4.96. The molecular formula is C18H15ClN4O3S2. The fourth-order valence-electron chi connectivity index (χ4n) is 2.54. The van der Waals surface area contributed by atoms with Crippen LogP contribution in [0.25, 0.3) is 10.7 Å². The van der Waals surface area contributed by atoms with Gasteiger partial charge in [0.15, 0.2) is 5.82 Å². The predicted octanol–water partition coefficient (Wildman–Crippen LogP) is 4.41. The Morgan fingerprint density at radius 2 is 1.96 bits per heavy atom. The SMILES string of the molecule is Cc1ccc(CNc2nc(-c3cccs3)nn2S(=O)(=O)c2ccc(Cl)cc2)o1. The van der Waals surface area contributed by atoms with E-state index in [1.165, 1.54) is 35.6 Å². The number of furan rings is 1. The summed E-state index contributed by atoms with van der Waals surface area (Å²) in [5.41, 5.74) is 0. The van der Waals surface area contributed by atoms with Crippen LogP contribution in [0.15, 0.2) is 63.2 Å². The number of hydrogen-bond donors (Lipinski definition) is 1. The highest BCUT2D eigenvalue weighted by Crippen LogP contribution is 2.26. The van der Waals surface area contributed by atoms with Gasteiger partial charge in [-0.1, -0.05) is 17.7 Å². The molecule has 10 heteroatoms. The van der Waals surface area contributed by atoms with E-state index in [4.69, 9.17) is 16.0 Å². The highest BCUT2D eigenvalue weighted by atomic mass is 35.5. The van der Waals surface area contributed by atoms with Crippen LogP contribution in [0.2, 0.25) is 5.02 Å². The monoisotopic (exact) mass is 434 g/mol. The maximum absolute atomic E-state index is 13.1. The van der Waals surface area contributed by atoms with Crippen molar-refractivity contribution in [3.05, 3.63) is 70.5 Å². The molecule has 0 aliphatic heterocycles. The van der Waals surface area contributed by atoms with Crippen LogP contribution < -0.4 is 5.32 Å². The van der Waals surface area contributed by atoms with Crippen molar-refractivity contribution in [1.82, 2.24) is 14.2 Å². The van der Waals surface area contributed by atoms with Crippen molar-refractivity contribution >= 4 is 38.9 Å². The first-order valence-corrected chi connectivity index (χ1v) is 10.9. The van der Waals surface area contributed by atoms with Crippen molar-refractivity contribution in [1.29, 1.82) is 0 Å². The largest absolute Gasteiger partial charge is 0.465 e. The molecule has 28 heavy (non-hydrogen) atoms. The van der Waals surface area contributed by atoms with Crippen LogP contribution in [0.3, 0.4) is 0 Å². The van der Waals surface area contributed by atoms with Crippen LogP contribution in [-0.4, -0.2) is 22.6 Å². The fourth-order valence-corrected chi connectivity index (χ4v) is 4.51. The summed E-state index contributed by atoms with van der Waals surface area (Å²) in [5, 5.41) is 9.58. The molecule has 1 aromatic carbocycles. The number of nitrogens with one attached hydrogen (secondary N) is 1. The molecule has 0 aliphatic rings. The van der Waals surface area contributed by atoms with Gasteiger partial charge >= 0.3 is 0 Å². The molecule has 3 heterocycles. The molecule has 0 radical (unpaired) electrons. The van der Waals surface area contributed by atoms with Gasteiger partial charge in [0.25, 0.3) is 10.0 Å². The molecule has 0 saturated carbocycles. The van der Waals surface area contributed by atoms with E-state index in [-0.39, 0.29) is 17.4 Å². The molecule has 0 fully saturated rings. The lowest BCUT2D eigenvalue weighted by Gasteiger charge is -2.08. The molecule has 144 valence electrons. The van der Waals surface area contributed by atoms with E-state index in [1.807, 2.05) is 36.6 Å². The Balaban J connectivity index is 1.74. The molecule has 3 aromatic heterocycles. The van der Waals surface area contributed by atoms with Gasteiger partial charge in [0.05, 0.1) is 16.3 Å². The third kappa shape index (κ3) is 3.68. The second-order valence-electron chi connectivity index (χ2n) is 5.90. The normalized spacial score (nSPS) is 11.6. The van der Waals surface area contributed by atoms with E-state index < -0.39 is 10.0 Å². The molecule has 0 unspecified atom stereocenters. The average Bonchev–Trinajstić information content (AvgIpc) is 3.41. The molecular weight excluding hydrogens is 420 g/mol. The quantitative estimate of drug-likeness (QED) is 0.483. The molecule has 1 N–H and O–H groups in total. The number of halogens is 1. The minimum atomic E-state index is -3.96. The first-order valence-electron chi connectivity index (χ1n) is 8.25. The highest BCUT2D eigenvalue weighted by molar-refractivity contribution is 7.90. The number of aromatic nitrogens is 3. The lowest BCUT2D eigenvalue weighted by atomic mass is 10.4. The van der Waals surface area contributed by atoms with Crippen molar-refractivity contribution in [2.45, 2.75) is 18.4 Å². The Morgan fingerprint density at radius 3 is 2.61 bits per heavy atom. The molecule has 0 saturated heterocycles. The summed E-state index contributed by atoms with van der Waals surface area (Å²) in [4.78, 5) is 5.22. The van der Waals surface area contributed by atoms with Gasteiger partial charge < -0.3 is 9.73 Å². The molecule has 7 nitrogen and oxygen atoms in total. The van der Waals surface area contributed by atoms with Gasteiger partial charge in [-0.2, -0.15) is 13.4 Å². The number of rotatable bonds is 6. The smallest absolute Gasteiger partial charge is 0.286 e. The number of thiophene rings is 1. The minimum Gasteiger partial charge on any atom is -0.465 e. The minimum absolute atomic E-state index is 0.0661.